The van der Waals surface area contributed by atoms with Crippen LogP contribution in [0.15, 0.2) is 24.3 Å². The van der Waals surface area contributed by atoms with Crippen LogP contribution in [0, 0.1) is 5.82 Å². The van der Waals surface area contributed by atoms with Gasteiger partial charge in [0.05, 0.1) is 0 Å². The Morgan fingerprint density at radius 2 is 2.07 bits per heavy atom. The number of benzene rings is 1. The second kappa shape index (κ2) is 6.45. The molecule has 0 radical (unpaired) electrons. The van der Waals surface area contributed by atoms with E-state index in [1.807, 2.05) is 6.92 Å². The van der Waals surface area contributed by atoms with E-state index in [2.05, 4.69) is 5.32 Å². The van der Waals surface area contributed by atoms with Crippen molar-refractivity contribution in [1.29, 1.82) is 0 Å². The molecule has 0 aliphatic rings. The number of thioether (sulfide) groups is 1. The van der Waals surface area contributed by atoms with E-state index in [1.165, 1.54) is 23.9 Å². The fourth-order valence-corrected chi connectivity index (χ4v) is 1.61. The van der Waals surface area contributed by atoms with Crippen molar-refractivity contribution in [2.45, 2.75) is 13.3 Å². The van der Waals surface area contributed by atoms with Crippen molar-refractivity contribution in [3.05, 3.63) is 35.6 Å². The number of hydrogen-bond acceptors (Lipinski definition) is 2. The van der Waals surface area contributed by atoms with Gasteiger partial charge in [0.25, 0.3) is 5.24 Å². The van der Waals surface area contributed by atoms with E-state index in [4.69, 9.17) is 0 Å². The molecule has 0 saturated carbocycles. The van der Waals surface area contributed by atoms with E-state index in [9.17, 15) is 9.18 Å². The Balaban J connectivity index is 2.26. The lowest BCUT2D eigenvalue weighted by molar-refractivity contribution is 0.261. The molecule has 0 bridgehead atoms. The number of halogens is 1. The van der Waals surface area contributed by atoms with Gasteiger partial charge in [0.2, 0.25) is 0 Å². The van der Waals surface area contributed by atoms with E-state index in [-0.39, 0.29) is 11.1 Å². The normalized spacial score (nSPS) is 10.0. The molecule has 0 unspecified atom stereocenters. The van der Waals surface area contributed by atoms with Gasteiger partial charge in [0.15, 0.2) is 0 Å². The van der Waals surface area contributed by atoms with Crippen LogP contribution >= 0.6 is 11.8 Å². The molecule has 2 nitrogen and oxygen atoms in total. The molecule has 1 rings (SSSR count). The number of amides is 1. The molecular weight excluding hydrogens is 213 g/mol. The maximum Gasteiger partial charge on any atom is 0.279 e. The molecule has 1 aromatic rings. The number of carbonyl (C=O) groups is 1. The monoisotopic (exact) mass is 227 g/mol. The molecular formula is C11H14FNOS. The van der Waals surface area contributed by atoms with Gasteiger partial charge in [-0.2, -0.15) is 0 Å². The van der Waals surface area contributed by atoms with Crippen LogP contribution in [0.1, 0.15) is 12.5 Å². The summed E-state index contributed by atoms with van der Waals surface area (Å²) in [4.78, 5) is 11.1. The van der Waals surface area contributed by atoms with Crippen molar-refractivity contribution < 1.29 is 9.18 Å². The minimum Gasteiger partial charge on any atom is -0.347 e. The number of carbonyl (C=O) groups excluding carboxylic acids is 1. The van der Waals surface area contributed by atoms with Crippen LogP contribution in [-0.4, -0.2) is 17.5 Å². The van der Waals surface area contributed by atoms with Gasteiger partial charge in [-0.15, -0.1) is 0 Å². The minimum atomic E-state index is -0.232. The van der Waals surface area contributed by atoms with E-state index in [0.717, 1.165) is 17.7 Å². The molecule has 0 aliphatic heterocycles. The van der Waals surface area contributed by atoms with Gasteiger partial charge < -0.3 is 5.32 Å². The molecule has 0 aromatic heterocycles. The van der Waals surface area contributed by atoms with Gasteiger partial charge in [-0.1, -0.05) is 30.8 Å². The summed E-state index contributed by atoms with van der Waals surface area (Å²) in [5.41, 5.74) is 1.03. The van der Waals surface area contributed by atoms with E-state index < -0.39 is 0 Å². The SMILES string of the molecule is CCSC(=O)NCCc1ccc(F)cc1. The lowest BCUT2D eigenvalue weighted by atomic mass is 10.1. The quantitative estimate of drug-likeness (QED) is 0.857. The maximum absolute atomic E-state index is 12.6. The largest absolute Gasteiger partial charge is 0.347 e. The van der Waals surface area contributed by atoms with Gasteiger partial charge in [-0.05, 0) is 29.9 Å². The molecule has 0 heterocycles. The van der Waals surface area contributed by atoms with Gasteiger partial charge in [-0.3, -0.25) is 4.79 Å². The first kappa shape index (κ1) is 12.0. The summed E-state index contributed by atoms with van der Waals surface area (Å²) in [6.45, 7) is 2.53. The molecule has 0 fully saturated rings. The standard InChI is InChI=1S/C11H14FNOS/c1-2-15-11(14)13-8-7-9-3-5-10(12)6-4-9/h3-6H,2,7-8H2,1H3,(H,13,14). The fourth-order valence-electron chi connectivity index (χ4n) is 1.14. The first-order valence-electron chi connectivity index (χ1n) is 4.87. The average Bonchev–Trinajstić information content (AvgIpc) is 2.21. The van der Waals surface area contributed by atoms with Crippen LogP contribution in [0.25, 0.3) is 0 Å². The molecule has 0 saturated heterocycles. The number of nitrogens with one attached hydrogen (secondary N) is 1. The summed E-state index contributed by atoms with van der Waals surface area (Å²) in [7, 11) is 0. The highest BCUT2D eigenvalue weighted by Crippen LogP contribution is 2.03. The second-order valence-electron chi connectivity index (χ2n) is 3.02. The van der Waals surface area contributed by atoms with Crippen molar-refractivity contribution >= 4 is 17.0 Å². The Kier molecular flexibility index (Phi) is 5.18. The molecule has 1 N–H and O–H groups in total. The predicted molar refractivity (Wildman–Crippen MR) is 61.6 cm³/mol. The molecule has 1 amide bonds. The Hall–Kier alpha value is -1.03. The molecule has 1 aromatic carbocycles. The highest BCUT2D eigenvalue weighted by molar-refractivity contribution is 8.13. The predicted octanol–water partition coefficient (Wildman–Crippen LogP) is 2.83. The summed E-state index contributed by atoms with van der Waals surface area (Å²) in [6.07, 6.45) is 0.732. The maximum atomic E-state index is 12.6. The van der Waals surface area contributed by atoms with Gasteiger partial charge >= 0.3 is 0 Å². The lowest BCUT2D eigenvalue weighted by Gasteiger charge is -2.03. The second-order valence-corrected chi connectivity index (χ2v) is 4.26. The summed E-state index contributed by atoms with van der Waals surface area (Å²) >= 11 is 1.26. The summed E-state index contributed by atoms with van der Waals surface area (Å²) in [6, 6.07) is 6.32. The van der Waals surface area contributed by atoms with Crippen LogP contribution in [-0.2, 0) is 6.42 Å². The molecule has 0 spiro atoms. The smallest absolute Gasteiger partial charge is 0.279 e. The van der Waals surface area contributed by atoms with Crippen LogP contribution in [0.3, 0.4) is 0 Å². The zero-order valence-electron chi connectivity index (χ0n) is 8.63. The lowest BCUT2D eigenvalue weighted by Crippen LogP contribution is -2.21. The van der Waals surface area contributed by atoms with E-state index >= 15 is 0 Å². The van der Waals surface area contributed by atoms with Crippen molar-refractivity contribution in [2.24, 2.45) is 0 Å². The van der Waals surface area contributed by atoms with Crippen molar-refractivity contribution in [3.8, 4) is 0 Å². The van der Waals surface area contributed by atoms with Crippen LogP contribution in [0.2, 0.25) is 0 Å². The average molecular weight is 227 g/mol. The Morgan fingerprint density at radius 1 is 1.40 bits per heavy atom. The van der Waals surface area contributed by atoms with Gasteiger partial charge in [0.1, 0.15) is 5.82 Å². The molecule has 4 heteroatoms. The zero-order chi connectivity index (χ0) is 11.1. The summed E-state index contributed by atoms with van der Waals surface area (Å²) < 4.78 is 12.6. The first-order valence-corrected chi connectivity index (χ1v) is 5.86. The van der Waals surface area contributed by atoms with Crippen molar-refractivity contribution in [1.82, 2.24) is 5.32 Å². The number of rotatable bonds is 4. The minimum absolute atomic E-state index is 0.000360. The van der Waals surface area contributed by atoms with Crippen LogP contribution in [0.5, 0.6) is 0 Å². The van der Waals surface area contributed by atoms with Crippen molar-refractivity contribution in [3.63, 3.8) is 0 Å². The zero-order valence-corrected chi connectivity index (χ0v) is 9.44. The van der Waals surface area contributed by atoms with Crippen LogP contribution < -0.4 is 5.32 Å². The Bertz CT molecular complexity index is 313. The third-order valence-electron chi connectivity index (χ3n) is 1.87. The third kappa shape index (κ3) is 4.83. The fraction of sp³-hybridized carbons (Fsp3) is 0.364. The summed E-state index contributed by atoms with van der Waals surface area (Å²) in [5.74, 6) is 0.548. The number of hydrogen-bond donors (Lipinski definition) is 1. The Morgan fingerprint density at radius 3 is 2.67 bits per heavy atom. The van der Waals surface area contributed by atoms with Crippen molar-refractivity contribution in [2.75, 3.05) is 12.3 Å². The highest BCUT2D eigenvalue weighted by Gasteiger charge is 1.99. The third-order valence-corrected chi connectivity index (χ3v) is 2.57. The highest BCUT2D eigenvalue weighted by atomic mass is 32.2. The first-order chi connectivity index (χ1) is 7.22. The summed E-state index contributed by atoms with van der Waals surface area (Å²) in [5, 5.41) is 2.78. The molecule has 0 atom stereocenters. The molecule has 15 heavy (non-hydrogen) atoms. The molecule has 0 aliphatic carbocycles. The van der Waals surface area contributed by atoms with E-state index in [1.54, 1.807) is 12.1 Å². The van der Waals surface area contributed by atoms with Gasteiger partial charge in [0, 0.05) is 6.54 Å². The topological polar surface area (TPSA) is 29.1 Å². The Labute approximate surface area is 93.3 Å². The van der Waals surface area contributed by atoms with E-state index in [0.29, 0.717) is 6.54 Å². The molecule has 82 valence electrons. The van der Waals surface area contributed by atoms with Crippen LogP contribution in [0.4, 0.5) is 9.18 Å². The van der Waals surface area contributed by atoms with Gasteiger partial charge in [-0.25, -0.2) is 4.39 Å².